The lowest BCUT2D eigenvalue weighted by molar-refractivity contribution is -0.137. The SMILES string of the molecule is Cc1ccc(C2=N[C@@H](CC(=O)O)c3onc(C)c3-c3ccccc32)cc1. The second-order valence-corrected chi connectivity index (χ2v) is 6.51. The summed E-state index contributed by atoms with van der Waals surface area (Å²) in [4.78, 5) is 16.2. The zero-order chi connectivity index (χ0) is 18.3. The molecule has 4 rings (SSSR count). The molecular weight excluding hydrogens is 328 g/mol. The monoisotopic (exact) mass is 346 g/mol. The Labute approximate surface area is 151 Å². The first-order chi connectivity index (χ1) is 12.5. The number of carboxylic acid groups (broad SMARTS) is 1. The number of hydrogen-bond acceptors (Lipinski definition) is 4. The minimum atomic E-state index is -0.923. The lowest BCUT2D eigenvalue weighted by Crippen LogP contribution is -2.08. The molecule has 2 heterocycles. The van der Waals surface area contributed by atoms with Crippen molar-refractivity contribution < 1.29 is 14.4 Å². The van der Waals surface area contributed by atoms with E-state index in [1.54, 1.807) is 0 Å². The van der Waals surface area contributed by atoms with Crippen molar-refractivity contribution in [2.45, 2.75) is 26.3 Å². The summed E-state index contributed by atoms with van der Waals surface area (Å²) in [5.41, 5.74) is 6.39. The maximum atomic E-state index is 11.4. The molecule has 130 valence electrons. The van der Waals surface area contributed by atoms with Crippen LogP contribution in [0.3, 0.4) is 0 Å². The fourth-order valence-electron chi connectivity index (χ4n) is 3.38. The van der Waals surface area contributed by atoms with Gasteiger partial charge < -0.3 is 9.63 Å². The van der Waals surface area contributed by atoms with E-state index in [0.717, 1.165) is 39.2 Å². The van der Waals surface area contributed by atoms with Crippen molar-refractivity contribution in [1.82, 2.24) is 5.16 Å². The Hall–Kier alpha value is -3.21. The molecule has 0 radical (unpaired) electrons. The molecule has 1 N–H and O–H groups in total. The van der Waals surface area contributed by atoms with Crippen LogP contribution in [-0.4, -0.2) is 21.9 Å². The van der Waals surface area contributed by atoms with Gasteiger partial charge in [0.2, 0.25) is 0 Å². The van der Waals surface area contributed by atoms with Crippen molar-refractivity contribution >= 4 is 11.7 Å². The number of fused-ring (bicyclic) bond motifs is 3. The zero-order valence-electron chi connectivity index (χ0n) is 14.6. The van der Waals surface area contributed by atoms with E-state index < -0.39 is 12.0 Å². The average Bonchev–Trinajstić information content (AvgIpc) is 2.94. The van der Waals surface area contributed by atoms with Crippen molar-refractivity contribution in [1.29, 1.82) is 0 Å². The van der Waals surface area contributed by atoms with E-state index >= 15 is 0 Å². The normalized spacial score (nSPS) is 15.6. The number of aliphatic imine (C=N–C) groups is 1. The van der Waals surface area contributed by atoms with Crippen molar-refractivity contribution in [3.63, 3.8) is 0 Å². The van der Waals surface area contributed by atoms with Crippen molar-refractivity contribution in [2.24, 2.45) is 4.99 Å². The number of nitrogens with zero attached hydrogens (tertiary/aromatic N) is 2. The summed E-state index contributed by atoms with van der Waals surface area (Å²) in [6, 6.07) is 15.4. The topological polar surface area (TPSA) is 75.7 Å². The molecule has 0 amide bonds. The molecule has 1 atom stereocenters. The summed E-state index contributed by atoms with van der Waals surface area (Å²) in [6.07, 6.45) is -0.148. The lowest BCUT2D eigenvalue weighted by Gasteiger charge is -2.11. The first-order valence-electron chi connectivity index (χ1n) is 8.47. The van der Waals surface area contributed by atoms with Crippen molar-refractivity contribution in [2.75, 3.05) is 0 Å². The van der Waals surface area contributed by atoms with Crippen LogP contribution in [0.1, 0.15) is 40.6 Å². The van der Waals surface area contributed by atoms with Gasteiger partial charge in [-0.15, -0.1) is 0 Å². The largest absolute Gasteiger partial charge is 0.481 e. The van der Waals surface area contributed by atoms with E-state index in [1.165, 1.54) is 0 Å². The second-order valence-electron chi connectivity index (χ2n) is 6.51. The maximum absolute atomic E-state index is 11.4. The Kier molecular flexibility index (Phi) is 3.92. The minimum Gasteiger partial charge on any atom is -0.481 e. The molecule has 0 saturated carbocycles. The molecule has 0 spiro atoms. The Morgan fingerprint density at radius 2 is 1.77 bits per heavy atom. The molecule has 0 unspecified atom stereocenters. The van der Waals surface area contributed by atoms with Crippen LogP contribution in [0.2, 0.25) is 0 Å². The molecule has 5 nitrogen and oxygen atoms in total. The quantitative estimate of drug-likeness (QED) is 0.766. The molecule has 0 bridgehead atoms. The van der Waals surface area contributed by atoms with Crippen LogP contribution < -0.4 is 0 Å². The Morgan fingerprint density at radius 1 is 1.08 bits per heavy atom. The van der Waals surface area contributed by atoms with Gasteiger partial charge in [-0.1, -0.05) is 59.3 Å². The van der Waals surface area contributed by atoms with Gasteiger partial charge in [-0.25, -0.2) is 0 Å². The Morgan fingerprint density at radius 3 is 2.46 bits per heavy atom. The van der Waals surface area contributed by atoms with E-state index in [-0.39, 0.29) is 6.42 Å². The zero-order valence-corrected chi connectivity index (χ0v) is 14.6. The molecule has 0 aliphatic carbocycles. The van der Waals surface area contributed by atoms with E-state index in [2.05, 4.69) is 5.16 Å². The number of carboxylic acids is 1. The molecule has 0 fully saturated rings. The highest BCUT2D eigenvalue weighted by atomic mass is 16.5. The third kappa shape index (κ3) is 2.71. The molecule has 5 heteroatoms. The number of rotatable bonds is 3. The van der Waals surface area contributed by atoms with Gasteiger partial charge in [0.25, 0.3) is 0 Å². The van der Waals surface area contributed by atoms with Crippen LogP contribution in [0.5, 0.6) is 0 Å². The smallest absolute Gasteiger partial charge is 0.306 e. The average molecular weight is 346 g/mol. The number of carbonyl (C=O) groups is 1. The van der Waals surface area contributed by atoms with Gasteiger partial charge >= 0.3 is 5.97 Å². The highest BCUT2D eigenvalue weighted by molar-refractivity contribution is 6.17. The molecule has 1 aliphatic heterocycles. The fourth-order valence-corrected chi connectivity index (χ4v) is 3.38. The maximum Gasteiger partial charge on any atom is 0.306 e. The van der Waals surface area contributed by atoms with Gasteiger partial charge in [-0.2, -0.15) is 0 Å². The fraction of sp³-hybridized carbons (Fsp3) is 0.190. The first kappa shape index (κ1) is 16.3. The standard InChI is InChI=1S/C21H18N2O3/c1-12-7-9-14(10-8-12)20-16-6-4-3-5-15(16)19-13(2)23-26-21(19)17(22-20)11-18(24)25/h3-10,17H,11H2,1-2H3,(H,24,25)/t17-/m0/s1. The number of hydrogen-bond donors (Lipinski definition) is 1. The molecule has 0 saturated heterocycles. The van der Waals surface area contributed by atoms with Crippen molar-refractivity contribution in [3.8, 4) is 11.1 Å². The van der Waals surface area contributed by atoms with Crippen molar-refractivity contribution in [3.05, 3.63) is 76.7 Å². The van der Waals surface area contributed by atoms with Crippen LogP contribution in [0, 0.1) is 13.8 Å². The molecular formula is C21H18N2O3. The summed E-state index contributed by atoms with van der Waals surface area (Å²) in [5.74, 6) is -0.410. The Balaban J connectivity index is 1.99. The third-order valence-corrected chi connectivity index (χ3v) is 4.62. The highest BCUT2D eigenvalue weighted by Gasteiger charge is 2.31. The van der Waals surface area contributed by atoms with Gasteiger partial charge in [0.15, 0.2) is 5.76 Å². The summed E-state index contributed by atoms with van der Waals surface area (Å²) >= 11 is 0. The molecule has 1 aliphatic rings. The first-order valence-corrected chi connectivity index (χ1v) is 8.47. The van der Waals surface area contributed by atoms with Crippen LogP contribution in [0.15, 0.2) is 58.0 Å². The minimum absolute atomic E-state index is 0.148. The summed E-state index contributed by atoms with van der Waals surface area (Å²) in [7, 11) is 0. The summed E-state index contributed by atoms with van der Waals surface area (Å²) < 4.78 is 5.52. The van der Waals surface area contributed by atoms with Crippen LogP contribution in [-0.2, 0) is 4.79 Å². The van der Waals surface area contributed by atoms with Gasteiger partial charge in [-0.05, 0) is 19.4 Å². The predicted molar refractivity (Wildman–Crippen MR) is 98.5 cm³/mol. The molecule has 2 aromatic carbocycles. The van der Waals surface area contributed by atoms with E-state index in [1.807, 2.05) is 62.4 Å². The third-order valence-electron chi connectivity index (χ3n) is 4.62. The second kappa shape index (κ2) is 6.26. The molecule has 3 aromatic rings. The Bertz CT molecular complexity index is 1020. The van der Waals surface area contributed by atoms with E-state index in [9.17, 15) is 9.90 Å². The van der Waals surface area contributed by atoms with Crippen LogP contribution in [0.25, 0.3) is 11.1 Å². The van der Waals surface area contributed by atoms with E-state index in [4.69, 9.17) is 9.52 Å². The van der Waals surface area contributed by atoms with Gasteiger partial charge in [0.05, 0.1) is 23.4 Å². The summed E-state index contributed by atoms with van der Waals surface area (Å²) in [5, 5.41) is 13.4. The van der Waals surface area contributed by atoms with Gasteiger partial charge in [-0.3, -0.25) is 9.79 Å². The molecule has 26 heavy (non-hydrogen) atoms. The molecule has 1 aromatic heterocycles. The predicted octanol–water partition coefficient (Wildman–Crippen LogP) is 4.33. The summed E-state index contributed by atoms with van der Waals surface area (Å²) in [6.45, 7) is 3.90. The van der Waals surface area contributed by atoms with Crippen LogP contribution >= 0.6 is 0 Å². The van der Waals surface area contributed by atoms with E-state index in [0.29, 0.717) is 5.76 Å². The van der Waals surface area contributed by atoms with Gasteiger partial charge in [0.1, 0.15) is 6.04 Å². The highest BCUT2D eigenvalue weighted by Crippen LogP contribution is 2.40. The number of benzene rings is 2. The van der Waals surface area contributed by atoms with Gasteiger partial charge in [0, 0.05) is 11.1 Å². The van der Waals surface area contributed by atoms with Crippen LogP contribution in [0.4, 0.5) is 0 Å². The number of aryl methyl sites for hydroxylation is 2. The number of aromatic nitrogens is 1. The lowest BCUT2D eigenvalue weighted by atomic mass is 9.92. The number of aliphatic carboxylic acids is 1.